The number of carbonyl (C=O) groups excluding carboxylic acids is 1. The second-order valence-electron chi connectivity index (χ2n) is 7.97. The monoisotopic (exact) mass is 466 g/mol. The Morgan fingerprint density at radius 3 is 2.47 bits per heavy atom. The Morgan fingerprint density at radius 1 is 1.12 bits per heavy atom. The highest BCUT2D eigenvalue weighted by molar-refractivity contribution is 5.86. The lowest BCUT2D eigenvalue weighted by Gasteiger charge is -2.17. The molecule has 0 bridgehead atoms. The number of nitrogens with two attached hydrogens (primary N) is 1. The first-order chi connectivity index (χ1) is 16.2. The molecule has 2 heterocycles. The first-order valence-corrected chi connectivity index (χ1v) is 10.5. The molecule has 0 fully saturated rings. The van der Waals surface area contributed by atoms with Gasteiger partial charge in [-0.15, -0.1) is 0 Å². The van der Waals surface area contributed by atoms with E-state index in [0.29, 0.717) is 28.4 Å². The molecular formula is C25H24F2N4O3. The van der Waals surface area contributed by atoms with E-state index in [0.717, 1.165) is 29.1 Å². The van der Waals surface area contributed by atoms with Crippen LogP contribution in [0.15, 0.2) is 42.6 Å². The lowest BCUT2D eigenvalue weighted by Crippen LogP contribution is -2.20. The van der Waals surface area contributed by atoms with E-state index in [9.17, 15) is 13.6 Å². The van der Waals surface area contributed by atoms with E-state index < -0.39 is 17.5 Å². The number of nitrogens with zero attached hydrogens (tertiary/aromatic N) is 2. The summed E-state index contributed by atoms with van der Waals surface area (Å²) in [5, 5.41) is 3.32. The number of imidazole rings is 1. The van der Waals surface area contributed by atoms with Crippen molar-refractivity contribution in [3.8, 4) is 22.8 Å². The molecule has 0 aliphatic rings. The quantitative estimate of drug-likeness (QED) is 0.408. The number of aryl methyl sites for hydroxylation is 3. The Kier molecular flexibility index (Phi) is 6.10. The lowest BCUT2D eigenvalue weighted by molar-refractivity contribution is -0.119. The van der Waals surface area contributed by atoms with Crippen LogP contribution in [0.2, 0.25) is 0 Å². The van der Waals surface area contributed by atoms with Crippen LogP contribution < -0.4 is 20.5 Å². The van der Waals surface area contributed by atoms with Crippen LogP contribution in [0.25, 0.3) is 16.9 Å². The molecule has 2 aromatic carbocycles. The molecule has 0 unspecified atom stereocenters. The molecule has 0 aliphatic carbocycles. The lowest BCUT2D eigenvalue weighted by atomic mass is 10.0. The van der Waals surface area contributed by atoms with Crippen LogP contribution in [0.3, 0.4) is 0 Å². The van der Waals surface area contributed by atoms with Gasteiger partial charge >= 0.3 is 0 Å². The van der Waals surface area contributed by atoms with Crippen molar-refractivity contribution >= 4 is 23.1 Å². The summed E-state index contributed by atoms with van der Waals surface area (Å²) in [6, 6.07) is 9.92. The van der Waals surface area contributed by atoms with Crippen LogP contribution in [0.1, 0.15) is 16.7 Å². The fourth-order valence-electron chi connectivity index (χ4n) is 3.90. The van der Waals surface area contributed by atoms with E-state index in [1.54, 1.807) is 19.1 Å². The molecule has 2 aromatic heterocycles. The molecule has 0 saturated heterocycles. The van der Waals surface area contributed by atoms with E-state index >= 15 is 0 Å². The van der Waals surface area contributed by atoms with Crippen molar-refractivity contribution in [2.24, 2.45) is 5.73 Å². The zero-order valence-electron chi connectivity index (χ0n) is 19.2. The molecule has 0 radical (unpaired) electrons. The Balaban J connectivity index is 2.02. The minimum absolute atomic E-state index is 0.0683. The SMILES string of the molecule is COc1cc(C)c(-c2nc3c(F)cc(F)cn3c2Nc2c(C)cccc2C)c(OCC(N)=O)c1. The number of para-hydroxylation sites is 1. The second-order valence-corrected chi connectivity index (χ2v) is 7.97. The van der Waals surface area contributed by atoms with Gasteiger partial charge in [-0.3, -0.25) is 9.20 Å². The van der Waals surface area contributed by atoms with Crippen LogP contribution in [0, 0.1) is 32.4 Å². The van der Waals surface area contributed by atoms with Gasteiger partial charge < -0.3 is 20.5 Å². The van der Waals surface area contributed by atoms with Gasteiger partial charge in [-0.2, -0.15) is 0 Å². The molecule has 1 amide bonds. The highest BCUT2D eigenvalue weighted by Gasteiger charge is 2.24. The average Bonchev–Trinajstić information content (AvgIpc) is 3.12. The number of fused-ring (bicyclic) bond motifs is 1. The van der Waals surface area contributed by atoms with Crippen LogP contribution in [0.5, 0.6) is 11.5 Å². The zero-order chi connectivity index (χ0) is 24.6. The largest absolute Gasteiger partial charge is 0.497 e. The fraction of sp³-hybridized carbons (Fsp3) is 0.200. The molecule has 9 heteroatoms. The van der Waals surface area contributed by atoms with E-state index in [-0.39, 0.29) is 18.0 Å². The molecule has 4 aromatic rings. The summed E-state index contributed by atoms with van der Waals surface area (Å²) in [5.41, 5.74) is 9.36. The Bertz CT molecular complexity index is 1400. The number of carbonyl (C=O) groups is 1. The predicted octanol–water partition coefficient (Wildman–Crippen LogP) is 4.82. The summed E-state index contributed by atoms with van der Waals surface area (Å²) in [6.45, 7) is 5.28. The molecule has 0 saturated carbocycles. The number of benzene rings is 2. The molecule has 34 heavy (non-hydrogen) atoms. The standard InChI is InChI=1S/C25H24F2N4O3/c1-13-6-5-7-14(2)22(13)29-25-23(30-24-18(27)9-16(26)11-31(24)25)21-15(3)8-17(33-4)10-19(21)34-12-20(28)32/h5-11,29H,12H2,1-4H3,(H2,28,32). The summed E-state index contributed by atoms with van der Waals surface area (Å²) in [5.74, 6) is -1.14. The first-order valence-electron chi connectivity index (χ1n) is 10.5. The summed E-state index contributed by atoms with van der Waals surface area (Å²) in [4.78, 5) is 15.9. The number of amides is 1. The zero-order valence-corrected chi connectivity index (χ0v) is 19.2. The number of ether oxygens (including phenoxy) is 2. The number of halogens is 2. The van der Waals surface area contributed by atoms with Crippen LogP contribution in [-0.4, -0.2) is 29.0 Å². The van der Waals surface area contributed by atoms with Crippen molar-refractivity contribution in [2.45, 2.75) is 20.8 Å². The minimum atomic E-state index is -0.818. The third-order valence-corrected chi connectivity index (χ3v) is 5.48. The molecule has 0 aliphatic heterocycles. The number of hydrogen-bond donors (Lipinski definition) is 2. The van der Waals surface area contributed by atoms with E-state index in [1.807, 2.05) is 32.0 Å². The highest BCUT2D eigenvalue weighted by atomic mass is 19.1. The normalized spacial score (nSPS) is 11.0. The number of hydrogen-bond acceptors (Lipinski definition) is 5. The third-order valence-electron chi connectivity index (χ3n) is 5.48. The Morgan fingerprint density at radius 2 is 1.82 bits per heavy atom. The topological polar surface area (TPSA) is 90.9 Å². The first kappa shape index (κ1) is 23.0. The number of aromatic nitrogens is 2. The molecule has 176 valence electrons. The van der Waals surface area contributed by atoms with Crippen LogP contribution >= 0.6 is 0 Å². The van der Waals surface area contributed by atoms with Gasteiger partial charge in [0.15, 0.2) is 18.1 Å². The maximum Gasteiger partial charge on any atom is 0.255 e. The number of nitrogens with one attached hydrogen (secondary N) is 1. The summed E-state index contributed by atoms with van der Waals surface area (Å²) >= 11 is 0. The number of pyridine rings is 1. The molecule has 7 nitrogen and oxygen atoms in total. The van der Waals surface area contributed by atoms with Gasteiger partial charge in [0.05, 0.1) is 7.11 Å². The van der Waals surface area contributed by atoms with Crippen molar-refractivity contribution < 1.29 is 23.0 Å². The van der Waals surface area contributed by atoms with E-state index in [2.05, 4.69) is 10.3 Å². The summed E-state index contributed by atoms with van der Waals surface area (Å²) in [7, 11) is 1.50. The predicted molar refractivity (Wildman–Crippen MR) is 126 cm³/mol. The summed E-state index contributed by atoms with van der Waals surface area (Å²) < 4.78 is 41.4. The van der Waals surface area contributed by atoms with Crippen molar-refractivity contribution in [2.75, 3.05) is 19.0 Å². The van der Waals surface area contributed by atoms with Gasteiger partial charge in [-0.05, 0) is 43.5 Å². The maximum atomic E-state index is 14.8. The van der Waals surface area contributed by atoms with Crippen molar-refractivity contribution in [1.29, 1.82) is 0 Å². The van der Waals surface area contributed by atoms with E-state index in [1.165, 1.54) is 11.5 Å². The van der Waals surface area contributed by atoms with Gasteiger partial charge in [0.2, 0.25) is 0 Å². The molecule has 4 rings (SSSR count). The maximum absolute atomic E-state index is 14.8. The molecule has 0 spiro atoms. The van der Waals surface area contributed by atoms with Crippen molar-refractivity contribution in [3.63, 3.8) is 0 Å². The number of primary amides is 1. The number of methoxy groups -OCH3 is 1. The van der Waals surface area contributed by atoms with Crippen LogP contribution in [0.4, 0.5) is 20.3 Å². The molecule has 0 atom stereocenters. The Labute approximate surface area is 195 Å². The van der Waals surface area contributed by atoms with E-state index in [4.69, 9.17) is 15.2 Å². The Hall–Kier alpha value is -4.14. The van der Waals surface area contributed by atoms with Crippen molar-refractivity contribution in [3.05, 3.63) is 70.9 Å². The summed E-state index contributed by atoms with van der Waals surface area (Å²) in [6.07, 6.45) is 1.16. The molecule has 3 N–H and O–H groups in total. The van der Waals surface area contributed by atoms with Gasteiger partial charge in [-0.25, -0.2) is 13.8 Å². The third kappa shape index (κ3) is 4.24. The average molecular weight is 466 g/mol. The van der Waals surface area contributed by atoms with Gasteiger partial charge in [0.25, 0.3) is 5.91 Å². The number of anilines is 2. The minimum Gasteiger partial charge on any atom is -0.497 e. The van der Waals surface area contributed by atoms with Gasteiger partial charge in [-0.1, -0.05) is 18.2 Å². The molecular weight excluding hydrogens is 442 g/mol. The van der Waals surface area contributed by atoms with Crippen molar-refractivity contribution in [1.82, 2.24) is 9.38 Å². The fourth-order valence-corrected chi connectivity index (χ4v) is 3.90. The second kappa shape index (κ2) is 9.01. The smallest absolute Gasteiger partial charge is 0.255 e. The number of rotatable bonds is 7. The van der Waals surface area contributed by atoms with Crippen LogP contribution in [-0.2, 0) is 4.79 Å². The van der Waals surface area contributed by atoms with Gasteiger partial charge in [0.1, 0.15) is 28.8 Å². The highest BCUT2D eigenvalue weighted by Crippen LogP contribution is 2.42. The van der Waals surface area contributed by atoms with Gasteiger partial charge in [0, 0.05) is 29.6 Å².